The third-order valence-corrected chi connectivity index (χ3v) is 5.88. The van der Waals surface area contributed by atoms with Crippen molar-refractivity contribution < 1.29 is 0 Å². The summed E-state index contributed by atoms with van der Waals surface area (Å²) in [7, 11) is 0. The van der Waals surface area contributed by atoms with Gasteiger partial charge in [0.1, 0.15) is 0 Å². The van der Waals surface area contributed by atoms with Gasteiger partial charge in [-0.1, -0.05) is 19.8 Å². The Bertz CT molecular complexity index is 368. The van der Waals surface area contributed by atoms with Gasteiger partial charge in [-0.2, -0.15) is 0 Å². The smallest absolute Gasteiger partial charge is 0.0443 e. The van der Waals surface area contributed by atoms with Gasteiger partial charge in [0, 0.05) is 15.8 Å². The minimum Gasteiger partial charge on any atom is -0.309 e. The lowest BCUT2D eigenvalue weighted by molar-refractivity contribution is 0.373. The summed E-state index contributed by atoms with van der Waals surface area (Å²) in [5, 5.41) is 3.83. The molecule has 1 aromatic rings. The molecule has 0 amide bonds. The molecule has 1 aromatic heterocycles. The van der Waals surface area contributed by atoms with E-state index in [0.29, 0.717) is 6.04 Å². The number of nitrogens with one attached hydrogen (secondary N) is 1. The zero-order chi connectivity index (χ0) is 12.4. The van der Waals surface area contributed by atoms with Gasteiger partial charge in [0.15, 0.2) is 0 Å². The lowest BCUT2D eigenvalue weighted by atomic mass is 9.96. The number of thiophene rings is 1. The fourth-order valence-electron chi connectivity index (χ4n) is 3.60. The van der Waals surface area contributed by atoms with Crippen LogP contribution in [-0.2, 0) is 12.8 Å². The van der Waals surface area contributed by atoms with E-state index in [1.165, 1.54) is 57.9 Å². The van der Waals surface area contributed by atoms with Crippen molar-refractivity contribution in [2.45, 2.75) is 64.3 Å². The standard InChI is InChI=1S/C16H25NS/c1-2-10-17-16(12-6-3-4-7-12)15-11-13-8-5-9-14(13)18-15/h11-12,16-17H,2-10H2,1H3. The molecule has 1 atom stereocenters. The summed E-state index contributed by atoms with van der Waals surface area (Å²) in [6.45, 7) is 3.44. The monoisotopic (exact) mass is 263 g/mol. The van der Waals surface area contributed by atoms with Crippen LogP contribution in [0.1, 0.15) is 66.8 Å². The Kier molecular flexibility index (Phi) is 4.05. The van der Waals surface area contributed by atoms with Crippen molar-refractivity contribution in [1.82, 2.24) is 5.32 Å². The molecular weight excluding hydrogens is 238 g/mol. The first-order valence-corrected chi connectivity index (χ1v) is 8.55. The molecule has 0 spiro atoms. The van der Waals surface area contributed by atoms with Crippen molar-refractivity contribution >= 4 is 11.3 Å². The Morgan fingerprint density at radius 3 is 2.83 bits per heavy atom. The predicted octanol–water partition coefficient (Wildman–Crippen LogP) is 4.47. The predicted molar refractivity (Wildman–Crippen MR) is 79.3 cm³/mol. The SMILES string of the molecule is CCCNC(c1cc2c(s1)CCC2)C1CCCC1. The van der Waals surface area contributed by atoms with Crippen LogP contribution in [-0.4, -0.2) is 6.54 Å². The van der Waals surface area contributed by atoms with Crippen molar-refractivity contribution in [3.8, 4) is 0 Å². The van der Waals surface area contributed by atoms with Gasteiger partial charge in [0.25, 0.3) is 0 Å². The molecule has 2 aliphatic carbocycles. The second-order valence-electron chi connectivity index (χ2n) is 5.93. The molecule has 1 N–H and O–H groups in total. The maximum absolute atomic E-state index is 3.83. The molecule has 1 saturated carbocycles. The molecule has 0 aromatic carbocycles. The van der Waals surface area contributed by atoms with Gasteiger partial charge in [0.2, 0.25) is 0 Å². The molecule has 100 valence electrons. The Morgan fingerprint density at radius 2 is 2.11 bits per heavy atom. The van der Waals surface area contributed by atoms with Gasteiger partial charge in [-0.3, -0.25) is 0 Å². The molecule has 1 heterocycles. The van der Waals surface area contributed by atoms with Gasteiger partial charge in [0.05, 0.1) is 0 Å². The topological polar surface area (TPSA) is 12.0 Å². The fraction of sp³-hybridized carbons (Fsp3) is 0.750. The van der Waals surface area contributed by atoms with Crippen LogP contribution in [0.4, 0.5) is 0 Å². The minimum absolute atomic E-state index is 0.656. The van der Waals surface area contributed by atoms with Gasteiger partial charge in [-0.25, -0.2) is 0 Å². The summed E-state index contributed by atoms with van der Waals surface area (Å²) in [5.74, 6) is 0.898. The normalized spacial score (nSPS) is 21.4. The van der Waals surface area contributed by atoms with E-state index in [-0.39, 0.29) is 0 Å². The highest BCUT2D eigenvalue weighted by molar-refractivity contribution is 7.12. The minimum atomic E-state index is 0.656. The molecule has 0 bridgehead atoms. The van der Waals surface area contributed by atoms with Gasteiger partial charge in [-0.05, 0) is 62.6 Å². The summed E-state index contributed by atoms with van der Waals surface area (Å²) in [6, 6.07) is 3.18. The lowest BCUT2D eigenvalue weighted by Gasteiger charge is -2.23. The second kappa shape index (κ2) is 5.75. The number of hydrogen-bond donors (Lipinski definition) is 1. The molecule has 1 nitrogen and oxygen atoms in total. The highest BCUT2D eigenvalue weighted by Gasteiger charge is 2.28. The first kappa shape index (κ1) is 12.7. The van der Waals surface area contributed by atoms with Crippen molar-refractivity contribution in [3.63, 3.8) is 0 Å². The van der Waals surface area contributed by atoms with Crippen LogP contribution >= 0.6 is 11.3 Å². The van der Waals surface area contributed by atoms with Gasteiger partial charge >= 0.3 is 0 Å². The molecule has 0 saturated heterocycles. The third kappa shape index (κ3) is 2.50. The van der Waals surface area contributed by atoms with E-state index in [1.807, 2.05) is 0 Å². The van der Waals surface area contributed by atoms with Crippen LogP contribution in [0.15, 0.2) is 6.07 Å². The van der Waals surface area contributed by atoms with E-state index in [4.69, 9.17) is 0 Å². The van der Waals surface area contributed by atoms with Crippen molar-refractivity contribution in [2.24, 2.45) is 5.92 Å². The number of rotatable bonds is 5. The highest BCUT2D eigenvalue weighted by Crippen LogP contribution is 2.41. The van der Waals surface area contributed by atoms with Crippen LogP contribution in [0.3, 0.4) is 0 Å². The van der Waals surface area contributed by atoms with Crippen LogP contribution < -0.4 is 5.32 Å². The highest BCUT2D eigenvalue weighted by atomic mass is 32.1. The van der Waals surface area contributed by atoms with E-state index in [2.05, 4.69) is 29.6 Å². The molecule has 1 unspecified atom stereocenters. The summed E-state index contributed by atoms with van der Waals surface area (Å²) < 4.78 is 0. The van der Waals surface area contributed by atoms with E-state index in [1.54, 1.807) is 15.3 Å². The van der Waals surface area contributed by atoms with Crippen LogP contribution in [0.5, 0.6) is 0 Å². The average molecular weight is 263 g/mol. The molecule has 2 heteroatoms. The maximum atomic E-state index is 3.83. The zero-order valence-corrected chi connectivity index (χ0v) is 12.3. The number of aryl methyl sites for hydroxylation is 2. The van der Waals surface area contributed by atoms with Gasteiger partial charge < -0.3 is 5.32 Å². The summed E-state index contributed by atoms with van der Waals surface area (Å²) >= 11 is 2.10. The number of fused-ring (bicyclic) bond motifs is 1. The second-order valence-corrected chi connectivity index (χ2v) is 7.10. The van der Waals surface area contributed by atoms with E-state index in [9.17, 15) is 0 Å². The Balaban J connectivity index is 1.77. The molecule has 1 fully saturated rings. The summed E-state index contributed by atoms with van der Waals surface area (Å²) in [4.78, 5) is 3.33. The third-order valence-electron chi connectivity index (χ3n) is 4.56. The molecule has 3 rings (SSSR count). The fourth-order valence-corrected chi connectivity index (χ4v) is 5.02. The zero-order valence-electron chi connectivity index (χ0n) is 11.5. The van der Waals surface area contributed by atoms with Crippen molar-refractivity contribution in [3.05, 3.63) is 21.4 Å². The summed E-state index contributed by atoms with van der Waals surface area (Å²) in [5.41, 5.74) is 1.66. The molecular formula is C16H25NS. The van der Waals surface area contributed by atoms with Crippen LogP contribution in [0, 0.1) is 5.92 Å². The molecule has 0 radical (unpaired) electrons. The van der Waals surface area contributed by atoms with Crippen LogP contribution in [0.2, 0.25) is 0 Å². The van der Waals surface area contributed by atoms with E-state index in [0.717, 1.165) is 5.92 Å². The van der Waals surface area contributed by atoms with Gasteiger partial charge in [-0.15, -0.1) is 11.3 Å². The van der Waals surface area contributed by atoms with E-state index < -0.39 is 0 Å². The van der Waals surface area contributed by atoms with Crippen LogP contribution in [0.25, 0.3) is 0 Å². The molecule has 18 heavy (non-hydrogen) atoms. The first-order chi connectivity index (χ1) is 8.88. The van der Waals surface area contributed by atoms with E-state index >= 15 is 0 Å². The average Bonchev–Trinajstić information content (AvgIpc) is 3.05. The Morgan fingerprint density at radius 1 is 1.28 bits per heavy atom. The maximum Gasteiger partial charge on any atom is 0.0443 e. The largest absolute Gasteiger partial charge is 0.309 e. The van der Waals surface area contributed by atoms with Crippen molar-refractivity contribution in [1.29, 1.82) is 0 Å². The Hall–Kier alpha value is -0.340. The van der Waals surface area contributed by atoms with Crippen molar-refractivity contribution in [2.75, 3.05) is 6.54 Å². The quantitative estimate of drug-likeness (QED) is 0.826. The lowest BCUT2D eigenvalue weighted by Crippen LogP contribution is -2.27. The first-order valence-electron chi connectivity index (χ1n) is 7.73. The molecule has 2 aliphatic rings. The number of hydrogen-bond acceptors (Lipinski definition) is 2. The Labute approximate surface area is 115 Å². The molecule has 0 aliphatic heterocycles. The summed E-state index contributed by atoms with van der Waals surface area (Å²) in [6.07, 6.45) is 11.1.